The van der Waals surface area contributed by atoms with Gasteiger partial charge >= 0.3 is 12.1 Å². The van der Waals surface area contributed by atoms with Crippen molar-refractivity contribution in [2.45, 2.75) is 23.1 Å². The number of hydrogen-bond donors (Lipinski definition) is 1. The molecule has 0 saturated heterocycles. The molecule has 0 aliphatic heterocycles. The highest BCUT2D eigenvalue weighted by Crippen LogP contribution is 2.32. The maximum Gasteiger partial charge on any atom is 0.432 e. The molecule has 3 rings (SSSR count). The molecule has 0 atom stereocenters. The van der Waals surface area contributed by atoms with Gasteiger partial charge in [-0.05, 0) is 24.4 Å². The number of thiazole rings is 1. The fourth-order valence-electron chi connectivity index (χ4n) is 2.49. The summed E-state index contributed by atoms with van der Waals surface area (Å²) in [6.07, 6.45) is -4.98. The van der Waals surface area contributed by atoms with Gasteiger partial charge in [0.25, 0.3) is 5.56 Å². The third-order valence-corrected chi connectivity index (χ3v) is 7.91. The van der Waals surface area contributed by atoms with Crippen molar-refractivity contribution in [1.82, 2.24) is 9.97 Å². The lowest BCUT2D eigenvalue weighted by molar-refractivity contribution is -0.141. The van der Waals surface area contributed by atoms with Gasteiger partial charge < -0.3 is 9.72 Å². The summed E-state index contributed by atoms with van der Waals surface area (Å²) in [5, 5.41) is 3.10. The summed E-state index contributed by atoms with van der Waals surface area (Å²) in [4.78, 5) is 30.0. The smallest absolute Gasteiger partial charge is 0.432 e. The number of aromatic nitrogens is 2. The maximum atomic E-state index is 13.2. The summed E-state index contributed by atoms with van der Waals surface area (Å²) < 4.78 is 69.2. The van der Waals surface area contributed by atoms with Gasteiger partial charge in [-0.3, -0.25) is 4.79 Å². The van der Waals surface area contributed by atoms with Gasteiger partial charge in [-0.1, -0.05) is 6.07 Å². The first kappa shape index (κ1) is 22.2. The minimum absolute atomic E-state index is 0.0445. The summed E-state index contributed by atoms with van der Waals surface area (Å²) in [6.45, 7) is 1.27. The Bertz CT molecular complexity index is 1230. The van der Waals surface area contributed by atoms with Crippen LogP contribution in [-0.2, 0) is 26.5 Å². The van der Waals surface area contributed by atoms with Crippen LogP contribution in [0.15, 0.2) is 38.0 Å². The van der Waals surface area contributed by atoms with Crippen LogP contribution in [0.4, 0.5) is 13.2 Å². The second-order valence-corrected chi connectivity index (χ2v) is 9.94. The molecule has 13 heteroatoms. The standard InChI is InChI=1S/C17H13F3N2O5S3/c1-2-27-16(24)10-6-9(15(23)22-14(10)17(18,19)20)11-7-29-12(21-11)8-30(25,26)13-4-3-5-28-13/h3-7H,2,8H2,1H3,(H,22,23). The van der Waals surface area contributed by atoms with Crippen LogP contribution >= 0.6 is 22.7 Å². The molecule has 0 fully saturated rings. The minimum atomic E-state index is -4.98. The molecule has 0 aromatic carbocycles. The third-order valence-electron chi connectivity index (χ3n) is 3.76. The number of aromatic amines is 1. The number of pyridine rings is 1. The second-order valence-electron chi connectivity index (χ2n) is 5.84. The van der Waals surface area contributed by atoms with Crippen molar-refractivity contribution in [2.75, 3.05) is 6.61 Å². The number of alkyl halides is 3. The first-order valence-corrected chi connectivity index (χ1v) is 11.7. The van der Waals surface area contributed by atoms with Crippen LogP contribution < -0.4 is 5.56 Å². The summed E-state index contributed by atoms with van der Waals surface area (Å²) >= 11 is 1.98. The fourth-order valence-corrected chi connectivity index (χ4v) is 6.00. The number of ether oxygens (including phenoxy) is 1. The molecule has 7 nitrogen and oxygen atoms in total. The number of carbonyl (C=O) groups is 1. The molecule has 160 valence electrons. The highest BCUT2D eigenvalue weighted by molar-refractivity contribution is 7.92. The van der Waals surface area contributed by atoms with E-state index < -0.39 is 44.6 Å². The molecule has 3 heterocycles. The lowest BCUT2D eigenvalue weighted by Gasteiger charge is -2.12. The van der Waals surface area contributed by atoms with Crippen LogP contribution in [0.5, 0.6) is 0 Å². The number of carbonyl (C=O) groups excluding carboxylic acids is 1. The maximum absolute atomic E-state index is 13.2. The number of nitrogens with one attached hydrogen (secondary N) is 1. The first-order chi connectivity index (χ1) is 14.0. The Morgan fingerprint density at radius 2 is 2.03 bits per heavy atom. The number of halogens is 3. The SMILES string of the molecule is CCOC(=O)c1cc(-c2csc(CS(=O)(=O)c3cccs3)n2)c(=O)[nH]c1C(F)(F)F. The van der Waals surface area contributed by atoms with Gasteiger partial charge in [0.05, 0.1) is 23.4 Å². The Labute approximate surface area is 176 Å². The summed E-state index contributed by atoms with van der Waals surface area (Å²) in [6, 6.07) is 3.79. The predicted octanol–water partition coefficient (Wildman–Crippen LogP) is 3.73. The number of rotatable bonds is 6. The molecule has 1 N–H and O–H groups in total. The number of nitrogens with zero attached hydrogens (tertiary/aromatic N) is 1. The van der Waals surface area contributed by atoms with E-state index in [-0.39, 0.29) is 27.1 Å². The second kappa shape index (κ2) is 8.32. The van der Waals surface area contributed by atoms with Crippen LogP contribution in [0.3, 0.4) is 0 Å². The largest absolute Gasteiger partial charge is 0.462 e. The third kappa shape index (κ3) is 4.63. The van der Waals surface area contributed by atoms with Crippen molar-refractivity contribution >= 4 is 38.5 Å². The Morgan fingerprint density at radius 3 is 2.63 bits per heavy atom. The van der Waals surface area contributed by atoms with E-state index in [0.29, 0.717) is 0 Å². The summed E-state index contributed by atoms with van der Waals surface area (Å²) in [7, 11) is -3.65. The highest BCUT2D eigenvalue weighted by Gasteiger charge is 2.38. The van der Waals surface area contributed by atoms with Gasteiger partial charge in [-0.15, -0.1) is 22.7 Å². The Hall–Kier alpha value is -2.51. The van der Waals surface area contributed by atoms with Gasteiger partial charge in [0, 0.05) is 5.38 Å². The first-order valence-electron chi connectivity index (χ1n) is 8.25. The normalized spacial score (nSPS) is 12.1. The van der Waals surface area contributed by atoms with E-state index in [4.69, 9.17) is 0 Å². The van der Waals surface area contributed by atoms with Crippen molar-refractivity contribution < 1.29 is 31.1 Å². The molecule has 0 bridgehead atoms. The van der Waals surface area contributed by atoms with E-state index in [9.17, 15) is 31.2 Å². The highest BCUT2D eigenvalue weighted by atomic mass is 32.2. The number of esters is 1. The van der Waals surface area contributed by atoms with Crippen molar-refractivity contribution in [3.63, 3.8) is 0 Å². The van der Waals surface area contributed by atoms with E-state index in [0.717, 1.165) is 28.7 Å². The molecule has 0 spiro atoms. The van der Waals surface area contributed by atoms with Gasteiger partial charge in [-0.2, -0.15) is 13.2 Å². The molecule has 0 saturated carbocycles. The number of H-pyrrole nitrogens is 1. The zero-order chi connectivity index (χ0) is 22.1. The zero-order valence-corrected chi connectivity index (χ0v) is 17.6. The van der Waals surface area contributed by atoms with Crippen LogP contribution in [-0.4, -0.2) is 31.0 Å². The lowest BCUT2D eigenvalue weighted by Crippen LogP contribution is -2.23. The van der Waals surface area contributed by atoms with Crippen molar-refractivity contribution in [3.05, 3.63) is 55.6 Å². The molecule has 0 unspecified atom stereocenters. The topological polar surface area (TPSA) is 106 Å². The van der Waals surface area contributed by atoms with Crippen molar-refractivity contribution in [3.8, 4) is 11.3 Å². The van der Waals surface area contributed by atoms with E-state index in [1.165, 1.54) is 18.4 Å². The number of sulfone groups is 1. The quantitative estimate of drug-likeness (QED) is 0.541. The molecule has 0 aliphatic rings. The monoisotopic (exact) mass is 478 g/mol. The van der Waals surface area contributed by atoms with E-state index in [1.54, 1.807) is 16.4 Å². The van der Waals surface area contributed by atoms with Gasteiger partial charge in [-0.25, -0.2) is 18.2 Å². The molecule has 3 aromatic heterocycles. The molecule has 0 amide bonds. The van der Waals surface area contributed by atoms with E-state index in [1.807, 2.05) is 0 Å². The van der Waals surface area contributed by atoms with E-state index >= 15 is 0 Å². The van der Waals surface area contributed by atoms with Gasteiger partial charge in [0.2, 0.25) is 0 Å². The van der Waals surface area contributed by atoms with Crippen LogP contribution in [0, 0.1) is 0 Å². The number of thiophene rings is 1. The van der Waals surface area contributed by atoms with Crippen LogP contribution in [0.1, 0.15) is 28.0 Å². The van der Waals surface area contributed by atoms with Crippen molar-refractivity contribution in [1.29, 1.82) is 0 Å². The van der Waals surface area contributed by atoms with Crippen LogP contribution in [0.25, 0.3) is 11.3 Å². The molecule has 0 radical (unpaired) electrons. The predicted molar refractivity (Wildman–Crippen MR) is 104 cm³/mol. The van der Waals surface area contributed by atoms with E-state index in [2.05, 4.69) is 9.72 Å². The number of hydrogen-bond acceptors (Lipinski definition) is 8. The molecule has 3 aromatic rings. The Kier molecular flexibility index (Phi) is 6.15. The zero-order valence-electron chi connectivity index (χ0n) is 15.1. The average molecular weight is 478 g/mol. The lowest BCUT2D eigenvalue weighted by atomic mass is 10.1. The molecular formula is C17H13F3N2O5S3. The van der Waals surface area contributed by atoms with Gasteiger partial charge in [0.15, 0.2) is 9.84 Å². The van der Waals surface area contributed by atoms with Crippen LogP contribution in [0.2, 0.25) is 0 Å². The van der Waals surface area contributed by atoms with Gasteiger partial charge in [0.1, 0.15) is 20.7 Å². The van der Waals surface area contributed by atoms with Crippen molar-refractivity contribution in [2.24, 2.45) is 0 Å². The summed E-state index contributed by atoms with van der Waals surface area (Å²) in [5.41, 5.74) is -3.85. The summed E-state index contributed by atoms with van der Waals surface area (Å²) in [5.74, 6) is -1.68. The molecular weight excluding hydrogens is 465 g/mol. The minimum Gasteiger partial charge on any atom is -0.462 e. The fraction of sp³-hybridized carbons (Fsp3) is 0.235. The Balaban J connectivity index is 2.01. The molecule has 30 heavy (non-hydrogen) atoms. The Morgan fingerprint density at radius 1 is 1.30 bits per heavy atom. The average Bonchev–Trinajstić information content (AvgIpc) is 3.33. The molecule has 0 aliphatic carbocycles.